The highest BCUT2D eigenvalue weighted by Crippen LogP contribution is 2.23. The molecule has 1 N–H and O–H groups in total. The zero-order valence-electron chi connectivity index (χ0n) is 16.4. The van der Waals surface area contributed by atoms with E-state index in [4.69, 9.17) is 4.63 Å². The second-order valence-electron chi connectivity index (χ2n) is 7.58. The number of aromatic nitrogens is 2. The molecular weight excluding hydrogens is 443 g/mol. The monoisotopic (exact) mass is 466 g/mol. The van der Waals surface area contributed by atoms with Crippen LogP contribution >= 0.6 is 15.9 Å². The number of hydrogen-bond acceptors (Lipinski definition) is 7. The van der Waals surface area contributed by atoms with Crippen LogP contribution in [0.4, 0.5) is 4.39 Å². The van der Waals surface area contributed by atoms with E-state index in [-0.39, 0.29) is 41.8 Å². The summed E-state index contributed by atoms with van der Waals surface area (Å²) in [5.74, 6) is -0.307. The number of ketones is 1. The third-order valence-corrected chi connectivity index (χ3v) is 5.97. The molecule has 1 aliphatic heterocycles. The summed E-state index contributed by atoms with van der Waals surface area (Å²) in [7, 11) is 0. The molecule has 0 saturated carbocycles. The largest absolute Gasteiger partial charge is 0.411 e. The van der Waals surface area contributed by atoms with Crippen LogP contribution in [-0.4, -0.2) is 51.0 Å². The Kier molecular flexibility index (Phi) is 7.13. The van der Waals surface area contributed by atoms with Gasteiger partial charge in [-0.2, -0.15) is 0 Å². The van der Waals surface area contributed by atoms with Gasteiger partial charge in [-0.05, 0) is 78.6 Å². The van der Waals surface area contributed by atoms with Crippen molar-refractivity contribution in [1.82, 2.24) is 15.2 Å². The Bertz CT molecular complexity index is 892. The van der Waals surface area contributed by atoms with Gasteiger partial charge < -0.3 is 10.1 Å². The van der Waals surface area contributed by atoms with Crippen molar-refractivity contribution in [2.75, 3.05) is 13.1 Å². The maximum Gasteiger partial charge on any atom is 0.156 e. The van der Waals surface area contributed by atoms with E-state index in [2.05, 4.69) is 50.1 Å². The summed E-state index contributed by atoms with van der Waals surface area (Å²) in [4.78, 5) is 15.1. The molecule has 0 bridgehead atoms. The maximum atomic E-state index is 13.4. The maximum absolute atomic E-state index is 13.4. The van der Waals surface area contributed by atoms with Crippen LogP contribution in [0.15, 0.2) is 32.5 Å². The first-order chi connectivity index (χ1) is 13.9. The first-order valence-electron chi connectivity index (χ1n) is 9.62. The van der Waals surface area contributed by atoms with E-state index in [1.54, 1.807) is 12.1 Å². The standard InChI is InChI=1S/C20H24BrFN4O3/c1-12(2)26-7-5-14(6-8-26)19(27)11-18-20(25-29-24-18)17(23-28)10-13-3-4-16(22)15(21)9-13/h3-4,9,12,14,28H,5-8,10-11H2,1-2H3. The minimum atomic E-state index is -0.380. The molecule has 0 radical (unpaired) electrons. The van der Waals surface area contributed by atoms with E-state index in [1.807, 2.05) is 0 Å². The quantitative estimate of drug-likeness (QED) is 0.380. The van der Waals surface area contributed by atoms with Crippen LogP contribution in [0.25, 0.3) is 0 Å². The summed E-state index contributed by atoms with van der Waals surface area (Å²) < 4.78 is 18.6. The van der Waals surface area contributed by atoms with Crippen LogP contribution < -0.4 is 0 Å². The van der Waals surface area contributed by atoms with Gasteiger partial charge >= 0.3 is 0 Å². The number of nitrogens with zero attached hydrogens (tertiary/aromatic N) is 4. The number of rotatable bonds is 7. The van der Waals surface area contributed by atoms with Crippen molar-refractivity contribution in [2.45, 2.75) is 45.6 Å². The van der Waals surface area contributed by atoms with E-state index in [1.165, 1.54) is 6.07 Å². The summed E-state index contributed by atoms with van der Waals surface area (Å²) >= 11 is 3.14. The average molecular weight is 467 g/mol. The van der Waals surface area contributed by atoms with Crippen LogP contribution in [0.3, 0.4) is 0 Å². The fourth-order valence-electron chi connectivity index (χ4n) is 3.60. The third kappa shape index (κ3) is 5.27. The van der Waals surface area contributed by atoms with Gasteiger partial charge in [0.1, 0.15) is 23.0 Å². The van der Waals surface area contributed by atoms with Crippen molar-refractivity contribution >= 4 is 27.4 Å². The number of Topliss-reactive ketones (excluding diaryl/α,β-unsaturated/α-hetero) is 1. The molecule has 0 atom stereocenters. The predicted octanol–water partition coefficient (Wildman–Crippen LogP) is 3.62. The molecule has 0 amide bonds. The number of carbonyl (C=O) groups is 1. The molecule has 1 fully saturated rings. The van der Waals surface area contributed by atoms with Gasteiger partial charge in [0.2, 0.25) is 0 Å². The fourth-order valence-corrected chi connectivity index (χ4v) is 4.02. The second kappa shape index (κ2) is 9.58. The van der Waals surface area contributed by atoms with E-state index in [0.29, 0.717) is 21.8 Å². The summed E-state index contributed by atoms with van der Waals surface area (Å²) in [6.45, 7) is 6.12. The lowest BCUT2D eigenvalue weighted by Crippen LogP contribution is -2.40. The zero-order valence-corrected chi connectivity index (χ0v) is 18.0. The molecule has 156 valence electrons. The number of carbonyl (C=O) groups excluding carboxylic acids is 1. The highest BCUT2D eigenvalue weighted by molar-refractivity contribution is 9.10. The average Bonchev–Trinajstić information content (AvgIpc) is 3.16. The van der Waals surface area contributed by atoms with E-state index in [9.17, 15) is 14.4 Å². The molecule has 7 nitrogen and oxygen atoms in total. The van der Waals surface area contributed by atoms with Gasteiger partial charge in [0.25, 0.3) is 0 Å². The number of benzene rings is 1. The lowest BCUT2D eigenvalue weighted by atomic mass is 9.89. The molecule has 1 aliphatic rings. The van der Waals surface area contributed by atoms with Gasteiger partial charge in [-0.15, -0.1) is 0 Å². The van der Waals surface area contributed by atoms with Gasteiger partial charge in [0, 0.05) is 18.4 Å². The minimum Gasteiger partial charge on any atom is -0.411 e. The Morgan fingerprint density at radius 1 is 1.34 bits per heavy atom. The number of halogens is 2. The summed E-state index contributed by atoms with van der Waals surface area (Å²) in [5.41, 5.74) is 1.53. The molecule has 29 heavy (non-hydrogen) atoms. The highest BCUT2D eigenvalue weighted by atomic mass is 79.9. The molecule has 9 heteroatoms. The minimum absolute atomic E-state index is 0.0166. The second-order valence-corrected chi connectivity index (χ2v) is 8.43. The number of oxime groups is 1. The Labute approximate surface area is 177 Å². The molecule has 3 rings (SSSR count). The van der Waals surface area contributed by atoms with Crippen molar-refractivity contribution in [1.29, 1.82) is 0 Å². The molecule has 2 heterocycles. The van der Waals surface area contributed by atoms with Crippen LogP contribution in [-0.2, 0) is 17.6 Å². The van der Waals surface area contributed by atoms with Crippen molar-refractivity contribution in [3.63, 3.8) is 0 Å². The van der Waals surface area contributed by atoms with E-state index in [0.717, 1.165) is 25.9 Å². The SMILES string of the molecule is CC(C)N1CCC(C(=O)Cc2nonc2C(Cc2ccc(F)c(Br)c2)=NO)CC1. The van der Waals surface area contributed by atoms with Crippen LogP contribution in [0.5, 0.6) is 0 Å². The lowest BCUT2D eigenvalue weighted by molar-refractivity contribution is -0.123. The smallest absolute Gasteiger partial charge is 0.156 e. The highest BCUT2D eigenvalue weighted by Gasteiger charge is 2.28. The Balaban J connectivity index is 1.68. The topological polar surface area (TPSA) is 91.8 Å². The first-order valence-corrected chi connectivity index (χ1v) is 10.4. The fraction of sp³-hybridized carbons (Fsp3) is 0.500. The predicted molar refractivity (Wildman–Crippen MR) is 109 cm³/mol. The molecule has 1 aromatic carbocycles. The zero-order chi connectivity index (χ0) is 21.0. The van der Waals surface area contributed by atoms with Crippen LogP contribution in [0, 0.1) is 11.7 Å². The van der Waals surface area contributed by atoms with Crippen molar-refractivity contribution in [2.24, 2.45) is 11.1 Å². The van der Waals surface area contributed by atoms with Crippen LogP contribution in [0.2, 0.25) is 0 Å². The van der Waals surface area contributed by atoms with Gasteiger partial charge in [0.05, 0.1) is 10.9 Å². The summed E-state index contributed by atoms with van der Waals surface area (Å²) in [5, 5.41) is 20.5. The molecular formula is C20H24BrFN4O3. The molecule has 0 spiro atoms. The van der Waals surface area contributed by atoms with Crippen LogP contribution in [0.1, 0.15) is 43.6 Å². The van der Waals surface area contributed by atoms with E-state index < -0.39 is 0 Å². The number of hydrogen-bond donors (Lipinski definition) is 1. The molecule has 1 saturated heterocycles. The molecule has 1 aromatic heterocycles. The molecule has 0 aliphatic carbocycles. The molecule has 2 aromatic rings. The van der Waals surface area contributed by atoms with Gasteiger partial charge in [-0.25, -0.2) is 9.02 Å². The van der Waals surface area contributed by atoms with Gasteiger partial charge in [-0.1, -0.05) is 16.4 Å². The van der Waals surface area contributed by atoms with Gasteiger partial charge in [0.15, 0.2) is 5.69 Å². The number of likely N-dealkylation sites (tertiary alicyclic amines) is 1. The first kappa shape index (κ1) is 21.6. The Morgan fingerprint density at radius 3 is 2.69 bits per heavy atom. The van der Waals surface area contributed by atoms with Crippen molar-refractivity contribution in [3.05, 3.63) is 45.4 Å². The summed E-state index contributed by atoms with van der Waals surface area (Å²) in [6.07, 6.45) is 1.92. The van der Waals surface area contributed by atoms with Crippen molar-refractivity contribution < 1.29 is 19.0 Å². The van der Waals surface area contributed by atoms with E-state index >= 15 is 0 Å². The number of piperidine rings is 1. The third-order valence-electron chi connectivity index (χ3n) is 5.36. The Morgan fingerprint density at radius 2 is 2.07 bits per heavy atom. The van der Waals surface area contributed by atoms with Gasteiger partial charge in [-0.3, -0.25) is 4.79 Å². The lowest BCUT2D eigenvalue weighted by Gasteiger charge is -2.33. The van der Waals surface area contributed by atoms with Crippen molar-refractivity contribution in [3.8, 4) is 0 Å². The summed E-state index contributed by atoms with van der Waals surface area (Å²) in [6, 6.07) is 4.99. The normalized spacial score (nSPS) is 16.5. The Hall–Kier alpha value is -2.13. The molecule has 0 unspecified atom stereocenters.